The topological polar surface area (TPSA) is 20.3 Å². The van der Waals surface area contributed by atoms with Gasteiger partial charge in [0.1, 0.15) is 5.82 Å². The van der Waals surface area contributed by atoms with Crippen LogP contribution in [0.1, 0.15) is 22.2 Å². The molecule has 0 bridgehead atoms. The smallest absolute Gasteiger partial charge is 0.258 e. The van der Waals surface area contributed by atoms with Crippen LogP contribution in [-0.2, 0) is 6.54 Å². The Labute approximate surface area is 137 Å². The maximum absolute atomic E-state index is 13.9. The van der Waals surface area contributed by atoms with Gasteiger partial charge in [-0.3, -0.25) is 4.79 Å². The van der Waals surface area contributed by atoms with Crippen LogP contribution >= 0.6 is 43.2 Å². The molecule has 2 nitrogen and oxygen atoms in total. The molecule has 1 aromatic heterocycles. The second kappa shape index (κ2) is 6.83. The zero-order valence-electron chi connectivity index (χ0n) is 10.7. The fourth-order valence-corrected chi connectivity index (χ4v) is 3.82. The first kappa shape index (κ1) is 15.7. The normalized spacial score (nSPS) is 10.6. The standard InChI is InChI=1S/C14H12Br2FNOS/c1-2-18(8-9-6-7-12(16)20-9)14(19)13-10(15)4-3-5-11(13)17/h3-7H,2,8H2,1H3. The molecule has 0 radical (unpaired) electrons. The third kappa shape index (κ3) is 3.48. The number of carbonyl (C=O) groups is 1. The molecule has 0 aliphatic heterocycles. The highest BCUT2D eigenvalue weighted by molar-refractivity contribution is 9.11. The Morgan fingerprint density at radius 3 is 2.60 bits per heavy atom. The summed E-state index contributed by atoms with van der Waals surface area (Å²) < 4.78 is 15.4. The predicted octanol–water partition coefficient (Wildman–Crippen LogP) is 5.07. The Morgan fingerprint density at radius 1 is 1.30 bits per heavy atom. The quantitative estimate of drug-likeness (QED) is 0.675. The van der Waals surface area contributed by atoms with Crippen LogP contribution in [0.4, 0.5) is 4.39 Å². The summed E-state index contributed by atoms with van der Waals surface area (Å²) in [5, 5.41) is 0. The molecule has 6 heteroatoms. The molecule has 1 amide bonds. The van der Waals surface area contributed by atoms with Crippen molar-refractivity contribution in [2.75, 3.05) is 6.54 Å². The maximum Gasteiger partial charge on any atom is 0.258 e. The molecule has 0 aliphatic rings. The van der Waals surface area contributed by atoms with Gasteiger partial charge in [0.05, 0.1) is 15.9 Å². The van der Waals surface area contributed by atoms with E-state index in [1.807, 2.05) is 19.1 Å². The van der Waals surface area contributed by atoms with Crippen LogP contribution in [0.2, 0.25) is 0 Å². The maximum atomic E-state index is 13.9. The molecule has 0 unspecified atom stereocenters. The third-order valence-corrected chi connectivity index (χ3v) is 5.09. The zero-order chi connectivity index (χ0) is 14.7. The number of thiophene rings is 1. The van der Waals surface area contributed by atoms with Crippen molar-refractivity contribution in [1.29, 1.82) is 0 Å². The fraction of sp³-hybridized carbons (Fsp3) is 0.214. The minimum absolute atomic E-state index is 0.0879. The lowest BCUT2D eigenvalue weighted by Crippen LogP contribution is -2.31. The minimum atomic E-state index is -0.504. The van der Waals surface area contributed by atoms with Crippen molar-refractivity contribution in [3.8, 4) is 0 Å². The van der Waals surface area contributed by atoms with E-state index in [9.17, 15) is 9.18 Å². The number of nitrogens with zero attached hydrogens (tertiary/aromatic N) is 1. The summed E-state index contributed by atoms with van der Waals surface area (Å²) in [5.41, 5.74) is 0.0879. The number of hydrogen-bond acceptors (Lipinski definition) is 2. The summed E-state index contributed by atoms with van der Waals surface area (Å²) in [6.45, 7) is 2.89. The van der Waals surface area contributed by atoms with Gasteiger partial charge in [-0.2, -0.15) is 0 Å². The molecule has 0 atom stereocenters. The van der Waals surface area contributed by atoms with Crippen LogP contribution in [0.5, 0.6) is 0 Å². The Balaban J connectivity index is 2.25. The van der Waals surface area contributed by atoms with Crippen molar-refractivity contribution in [2.45, 2.75) is 13.5 Å². The third-order valence-electron chi connectivity index (χ3n) is 2.82. The van der Waals surface area contributed by atoms with Crippen LogP contribution in [0.15, 0.2) is 38.6 Å². The molecular weight excluding hydrogens is 409 g/mol. The molecule has 0 aliphatic carbocycles. The van der Waals surface area contributed by atoms with Gasteiger partial charge in [0.2, 0.25) is 0 Å². The molecule has 1 heterocycles. The number of halogens is 3. The van der Waals surface area contributed by atoms with Gasteiger partial charge in [-0.1, -0.05) is 6.07 Å². The molecule has 106 valence electrons. The number of benzene rings is 1. The molecule has 2 aromatic rings. The second-order valence-electron chi connectivity index (χ2n) is 4.12. The first-order valence-corrected chi connectivity index (χ1v) is 8.40. The molecular formula is C14H12Br2FNOS. The molecule has 0 saturated carbocycles. The van der Waals surface area contributed by atoms with Crippen molar-refractivity contribution >= 4 is 49.1 Å². The van der Waals surface area contributed by atoms with Crippen molar-refractivity contribution < 1.29 is 9.18 Å². The number of hydrogen-bond donors (Lipinski definition) is 0. The van der Waals surface area contributed by atoms with E-state index in [0.717, 1.165) is 8.66 Å². The summed E-state index contributed by atoms with van der Waals surface area (Å²) in [7, 11) is 0. The van der Waals surface area contributed by atoms with E-state index in [1.165, 1.54) is 6.07 Å². The van der Waals surface area contributed by atoms with Crippen LogP contribution in [0, 0.1) is 5.82 Å². The van der Waals surface area contributed by atoms with Crippen LogP contribution in [0.25, 0.3) is 0 Å². The average molecular weight is 421 g/mol. The molecule has 20 heavy (non-hydrogen) atoms. The van der Waals surface area contributed by atoms with Gasteiger partial charge >= 0.3 is 0 Å². The van der Waals surface area contributed by atoms with E-state index in [1.54, 1.807) is 28.4 Å². The molecule has 0 fully saturated rings. The van der Waals surface area contributed by atoms with Crippen LogP contribution < -0.4 is 0 Å². The van der Waals surface area contributed by atoms with E-state index in [0.29, 0.717) is 17.6 Å². The summed E-state index contributed by atoms with van der Waals surface area (Å²) in [6.07, 6.45) is 0. The van der Waals surface area contributed by atoms with Crippen LogP contribution in [0.3, 0.4) is 0 Å². The molecule has 0 spiro atoms. The highest BCUT2D eigenvalue weighted by Gasteiger charge is 2.21. The van der Waals surface area contributed by atoms with Crippen molar-refractivity contribution in [3.05, 3.63) is 54.8 Å². The SMILES string of the molecule is CCN(Cc1ccc(Br)s1)C(=O)c1c(F)cccc1Br. The Kier molecular flexibility index (Phi) is 5.35. The Bertz CT molecular complexity index is 609. The van der Waals surface area contributed by atoms with Crippen molar-refractivity contribution in [2.24, 2.45) is 0 Å². The average Bonchev–Trinajstić information content (AvgIpc) is 2.81. The lowest BCUT2D eigenvalue weighted by atomic mass is 10.2. The Morgan fingerprint density at radius 2 is 2.05 bits per heavy atom. The van der Waals surface area contributed by atoms with Crippen molar-refractivity contribution in [3.63, 3.8) is 0 Å². The lowest BCUT2D eigenvalue weighted by Gasteiger charge is -2.21. The summed E-state index contributed by atoms with van der Waals surface area (Å²) in [4.78, 5) is 15.2. The van der Waals surface area contributed by atoms with Crippen LogP contribution in [-0.4, -0.2) is 17.4 Å². The number of carbonyl (C=O) groups excluding carboxylic acids is 1. The van der Waals surface area contributed by atoms with Gasteiger partial charge < -0.3 is 4.90 Å². The van der Waals surface area contributed by atoms with E-state index < -0.39 is 5.82 Å². The fourth-order valence-electron chi connectivity index (χ4n) is 1.81. The second-order valence-corrected chi connectivity index (χ2v) is 7.52. The van der Waals surface area contributed by atoms with Gasteiger partial charge in [-0.15, -0.1) is 11.3 Å². The van der Waals surface area contributed by atoms with E-state index in [4.69, 9.17) is 0 Å². The largest absolute Gasteiger partial charge is 0.334 e. The highest BCUT2D eigenvalue weighted by atomic mass is 79.9. The van der Waals surface area contributed by atoms with Gasteiger partial charge in [-0.25, -0.2) is 4.39 Å². The van der Waals surface area contributed by atoms with Gasteiger partial charge in [0.25, 0.3) is 5.91 Å². The molecule has 0 N–H and O–H groups in total. The van der Waals surface area contributed by atoms with Gasteiger partial charge in [0.15, 0.2) is 0 Å². The summed E-state index contributed by atoms with van der Waals surface area (Å²) >= 11 is 8.21. The van der Waals surface area contributed by atoms with Gasteiger partial charge in [-0.05, 0) is 63.0 Å². The number of rotatable bonds is 4. The van der Waals surface area contributed by atoms with E-state index in [-0.39, 0.29) is 11.5 Å². The lowest BCUT2D eigenvalue weighted by molar-refractivity contribution is 0.0748. The summed E-state index contributed by atoms with van der Waals surface area (Å²) in [5.74, 6) is -0.808. The van der Waals surface area contributed by atoms with Gasteiger partial charge in [0, 0.05) is 15.9 Å². The van der Waals surface area contributed by atoms with E-state index in [2.05, 4.69) is 31.9 Å². The minimum Gasteiger partial charge on any atom is -0.334 e. The monoisotopic (exact) mass is 419 g/mol. The molecule has 1 aromatic carbocycles. The number of amides is 1. The van der Waals surface area contributed by atoms with Crippen molar-refractivity contribution in [1.82, 2.24) is 4.90 Å². The first-order valence-electron chi connectivity index (χ1n) is 6.00. The highest BCUT2D eigenvalue weighted by Crippen LogP contribution is 2.26. The molecule has 0 saturated heterocycles. The Hall–Kier alpha value is -0.720. The van der Waals surface area contributed by atoms with E-state index >= 15 is 0 Å². The first-order chi connectivity index (χ1) is 9.52. The predicted molar refractivity (Wildman–Crippen MR) is 86.5 cm³/mol. The molecule has 2 rings (SSSR count). The zero-order valence-corrected chi connectivity index (χ0v) is 14.7. The summed E-state index contributed by atoms with van der Waals surface area (Å²) in [6, 6.07) is 8.45.